The van der Waals surface area contributed by atoms with Gasteiger partial charge in [-0.3, -0.25) is 0 Å². The minimum absolute atomic E-state index is 0.129. The fourth-order valence-corrected chi connectivity index (χ4v) is 2.88. The van der Waals surface area contributed by atoms with Crippen molar-refractivity contribution in [2.75, 3.05) is 6.54 Å². The Morgan fingerprint density at radius 1 is 1.00 bits per heavy atom. The van der Waals surface area contributed by atoms with Crippen molar-refractivity contribution in [1.29, 1.82) is 0 Å². The standard InChI is InChI=1S/C19H24FN/c1-5-8-21-12-17-7-6-16(11-18(17)20)19-14(3)9-13(2)10-15(19)4/h6-7,9-11,21H,5,8,12H2,1-4H3. The molecule has 21 heavy (non-hydrogen) atoms. The second-order valence-corrected chi connectivity index (χ2v) is 5.76. The normalized spacial score (nSPS) is 10.9. The minimum Gasteiger partial charge on any atom is -0.313 e. The highest BCUT2D eigenvalue weighted by Crippen LogP contribution is 2.29. The van der Waals surface area contributed by atoms with Crippen molar-refractivity contribution in [3.05, 3.63) is 58.4 Å². The van der Waals surface area contributed by atoms with Gasteiger partial charge in [0.15, 0.2) is 0 Å². The Labute approximate surface area is 127 Å². The van der Waals surface area contributed by atoms with Crippen molar-refractivity contribution >= 4 is 0 Å². The van der Waals surface area contributed by atoms with Crippen LogP contribution in [-0.2, 0) is 6.54 Å². The van der Waals surface area contributed by atoms with Crippen LogP contribution in [0.4, 0.5) is 4.39 Å². The molecule has 0 atom stereocenters. The van der Waals surface area contributed by atoms with Crippen LogP contribution in [0.25, 0.3) is 11.1 Å². The average molecular weight is 285 g/mol. The maximum atomic E-state index is 14.3. The molecule has 0 spiro atoms. The lowest BCUT2D eigenvalue weighted by molar-refractivity contribution is 0.587. The molecule has 0 radical (unpaired) electrons. The van der Waals surface area contributed by atoms with Crippen molar-refractivity contribution in [2.45, 2.75) is 40.7 Å². The van der Waals surface area contributed by atoms with Crippen LogP contribution in [0.15, 0.2) is 30.3 Å². The molecule has 0 saturated heterocycles. The highest BCUT2D eigenvalue weighted by molar-refractivity contribution is 5.71. The number of rotatable bonds is 5. The highest BCUT2D eigenvalue weighted by Gasteiger charge is 2.09. The van der Waals surface area contributed by atoms with E-state index >= 15 is 0 Å². The van der Waals surface area contributed by atoms with Crippen molar-refractivity contribution in [3.8, 4) is 11.1 Å². The van der Waals surface area contributed by atoms with Gasteiger partial charge in [-0.05, 0) is 62.1 Å². The van der Waals surface area contributed by atoms with Crippen LogP contribution in [0.1, 0.15) is 35.6 Å². The van der Waals surface area contributed by atoms with Crippen molar-refractivity contribution in [3.63, 3.8) is 0 Å². The topological polar surface area (TPSA) is 12.0 Å². The second kappa shape index (κ2) is 6.86. The molecule has 2 rings (SSSR count). The van der Waals surface area contributed by atoms with Gasteiger partial charge >= 0.3 is 0 Å². The summed E-state index contributed by atoms with van der Waals surface area (Å²) >= 11 is 0. The summed E-state index contributed by atoms with van der Waals surface area (Å²) < 4.78 is 14.3. The van der Waals surface area contributed by atoms with Crippen LogP contribution >= 0.6 is 0 Å². The Hall–Kier alpha value is -1.67. The predicted molar refractivity (Wildman–Crippen MR) is 88.0 cm³/mol. The summed E-state index contributed by atoms with van der Waals surface area (Å²) in [4.78, 5) is 0. The lowest BCUT2D eigenvalue weighted by Crippen LogP contribution is -2.14. The molecule has 2 aromatic rings. The zero-order valence-corrected chi connectivity index (χ0v) is 13.4. The molecule has 0 aliphatic rings. The van der Waals surface area contributed by atoms with Gasteiger partial charge in [-0.2, -0.15) is 0 Å². The van der Waals surface area contributed by atoms with Crippen LogP contribution in [0, 0.1) is 26.6 Å². The van der Waals surface area contributed by atoms with E-state index < -0.39 is 0 Å². The fraction of sp³-hybridized carbons (Fsp3) is 0.368. The van der Waals surface area contributed by atoms with E-state index in [4.69, 9.17) is 0 Å². The molecular weight excluding hydrogens is 261 g/mol. The van der Waals surface area contributed by atoms with E-state index in [2.05, 4.69) is 45.1 Å². The quantitative estimate of drug-likeness (QED) is 0.769. The first kappa shape index (κ1) is 15.7. The number of nitrogens with one attached hydrogen (secondary N) is 1. The first-order valence-corrected chi connectivity index (χ1v) is 7.60. The molecule has 1 N–H and O–H groups in total. The van der Waals surface area contributed by atoms with Crippen molar-refractivity contribution in [1.82, 2.24) is 5.32 Å². The van der Waals surface area contributed by atoms with Gasteiger partial charge in [0.2, 0.25) is 0 Å². The SMILES string of the molecule is CCCNCc1ccc(-c2c(C)cc(C)cc2C)cc1F. The number of benzene rings is 2. The first-order valence-electron chi connectivity index (χ1n) is 7.60. The van der Waals surface area contributed by atoms with E-state index in [1.807, 2.05) is 12.1 Å². The Bertz CT molecular complexity index is 608. The number of hydrogen-bond donors (Lipinski definition) is 1. The van der Waals surface area contributed by atoms with Gasteiger partial charge < -0.3 is 5.32 Å². The van der Waals surface area contributed by atoms with Gasteiger partial charge in [0.1, 0.15) is 5.82 Å². The van der Waals surface area contributed by atoms with E-state index in [0.717, 1.165) is 29.7 Å². The summed E-state index contributed by atoms with van der Waals surface area (Å²) in [5.74, 6) is -0.129. The summed E-state index contributed by atoms with van der Waals surface area (Å²) in [7, 11) is 0. The van der Waals surface area contributed by atoms with Crippen LogP contribution in [0.2, 0.25) is 0 Å². The van der Waals surface area contributed by atoms with Crippen molar-refractivity contribution in [2.24, 2.45) is 0 Å². The zero-order chi connectivity index (χ0) is 15.4. The van der Waals surface area contributed by atoms with Crippen molar-refractivity contribution < 1.29 is 4.39 Å². The zero-order valence-electron chi connectivity index (χ0n) is 13.4. The molecule has 0 aromatic heterocycles. The van der Waals surface area contributed by atoms with Crippen LogP contribution in [0.3, 0.4) is 0 Å². The molecule has 0 aliphatic heterocycles. The molecule has 0 heterocycles. The second-order valence-electron chi connectivity index (χ2n) is 5.76. The molecule has 1 nitrogen and oxygen atoms in total. The van der Waals surface area contributed by atoms with Crippen LogP contribution < -0.4 is 5.32 Å². The summed E-state index contributed by atoms with van der Waals surface area (Å²) in [6.07, 6.45) is 1.06. The Morgan fingerprint density at radius 3 is 2.24 bits per heavy atom. The largest absolute Gasteiger partial charge is 0.313 e. The van der Waals surface area contributed by atoms with E-state index in [1.165, 1.54) is 16.7 Å². The fourth-order valence-electron chi connectivity index (χ4n) is 2.88. The minimum atomic E-state index is -0.129. The summed E-state index contributed by atoms with van der Waals surface area (Å²) in [5.41, 5.74) is 6.48. The number of hydrogen-bond acceptors (Lipinski definition) is 1. The Morgan fingerprint density at radius 2 is 1.67 bits per heavy atom. The number of aryl methyl sites for hydroxylation is 3. The van der Waals surface area contributed by atoms with Crippen LogP contribution in [-0.4, -0.2) is 6.54 Å². The molecule has 0 aliphatic carbocycles. The molecule has 0 bridgehead atoms. The smallest absolute Gasteiger partial charge is 0.128 e. The molecule has 2 heteroatoms. The summed E-state index contributed by atoms with van der Waals surface area (Å²) in [5, 5.41) is 3.24. The van der Waals surface area contributed by atoms with Gasteiger partial charge in [0, 0.05) is 12.1 Å². The molecule has 2 aromatic carbocycles. The van der Waals surface area contributed by atoms with E-state index in [9.17, 15) is 4.39 Å². The van der Waals surface area contributed by atoms with Gasteiger partial charge in [-0.25, -0.2) is 4.39 Å². The lowest BCUT2D eigenvalue weighted by Gasteiger charge is -2.13. The first-order chi connectivity index (χ1) is 10.0. The third kappa shape index (κ3) is 3.70. The molecule has 0 fully saturated rings. The van der Waals surface area contributed by atoms with Gasteiger partial charge in [0.25, 0.3) is 0 Å². The predicted octanol–water partition coefficient (Wildman–Crippen LogP) is 4.92. The Kier molecular flexibility index (Phi) is 5.13. The monoisotopic (exact) mass is 285 g/mol. The van der Waals surface area contributed by atoms with Crippen LogP contribution in [0.5, 0.6) is 0 Å². The molecule has 0 amide bonds. The number of halogens is 1. The molecular formula is C19H24FN. The lowest BCUT2D eigenvalue weighted by atomic mass is 9.93. The van der Waals surface area contributed by atoms with Gasteiger partial charge in [-0.15, -0.1) is 0 Å². The molecule has 0 saturated carbocycles. The van der Waals surface area contributed by atoms with Gasteiger partial charge in [-0.1, -0.05) is 36.8 Å². The third-order valence-electron chi connectivity index (χ3n) is 3.76. The maximum Gasteiger partial charge on any atom is 0.128 e. The summed E-state index contributed by atoms with van der Waals surface area (Å²) in [6.45, 7) is 9.87. The van der Waals surface area contributed by atoms with E-state index in [0.29, 0.717) is 6.54 Å². The average Bonchev–Trinajstić information content (AvgIpc) is 2.40. The maximum absolute atomic E-state index is 14.3. The van der Waals surface area contributed by atoms with E-state index in [-0.39, 0.29) is 5.82 Å². The highest BCUT2D eigenvalue weighted by atomic mass is 19.1. The van der Waals surface area contributed by atoms with Gasteiger partial charge in [0.05, 0.1) is 0 Å². The molecule has 112 valence electrons. The molecule has 0 unspecified atom stereocenters. The Balaban J connectivity index is 2.32. The third-order valence-corrected chi connectivity index (χ3v) is 3.76. The van der Waals surface area contributed by atoms with E-state index in [1.54, 1.807) is 6.07 Å². The summed E-state index contributed by atoms with van der Waals surface area (Å²) in [6, 6.07) is 9.88.